The number of anilines is 1. The molecule has 0 spiro atoms. The van der Waals surface area contributed by atoms with Crippen LogP contribution in [-0.4, -0.2) is 61.1 Å². The van der Waals surface area contributed by atoms with Crippen molar-refractivity contribution in [1.29, 1.82) is 5.26 Å². The first kappa shape index (κ1) is 22.3. The van der Waals surface area contributed by atoms with Crippen molar-refractivity contribution < 1.29 is 13.9 Å². The summed E-state index contributed by atoms with van der Waals surface area (Å²) in [5, 5.41) is 18.9. The molecule has 3 aromatic rings. The Morgan fingerprint density at radius 1 is 1.29 bits per heavy atom. The zero-order chi connectivity index (χ0) is 24.7. The minimum absolute atomic E-state index is 0.0442. The number of rotatable bonds is 4. The number of aryl methyl sites for hydroxylation is 1. The molecule has 11 nitrogen and oxygen atoms in total. The number of nitrogen functional groups attached to an aromatic ring is 1. The second-order valence-corrected chi connectivity index (χ2v) is 8.42. The third-order valence-electron chi connectivity index (χ3n) is 6.09. The van der Waals surface area contributed by atoms with Crippen LogP contribution in [-0.2, 0) is 7.05 Å². The molecule has 0 radical (unpaired) electrons. The molecule has 0 unspecified atom stereocenters. The van der Waals surface area contributed by atoms with E-state index in [1.807, 2.05) is 6.92 Å². The third kappa shape index (κ3) is 4.01. The fraction of sp³-hybridized carbons (Fsp3) is 0.304. The van der Waals surface area contributed by atoms with Gasteiger partial charge in [-0.25, -0.2) is 14.2 Å². The van der Waals surface area contributed by atoms with Crippen LogP contribution in [0, 0.1) is 24.1 Å². The maximum absolute atomic E-state index is 14.4. The van der Waals surface area contributed by atoms with Crippen LogP contribution >= 0.6 is 0 Å². The monoisotopic (exact) mass is 475 g/mol. The van der Waals surface area contributed by atoms with E-state index in [1.165, 1.54) is 17.3 Å². The van der Waals surface area contributed by atoms with Crippen molar-refractivity contribution in [2.45, 2.75) is 25.5 Å². The van der Waals surface area contributed by atoms with Gasteiger partial charge in [-0.3, -0.25) is 14.6 Å². The highest BCUT2D eigenvalue weighted by Gasteiger charge is 2.39. The Morgan fingerprint density at radius 2 is 2.09 bits per heavy atom. The molecule has 5 heterocycles. The zero-order valence-corrected chi connectivity index (χ0v) is 19.1. The van der Waals surface area contributed by atoms with Crippen molar-refractivity contribution in [3.8, 4) is 23.2 Å². The molecule has 1 saturated heterocycles. The fourth-order valence-electron chi connectivity index (χ4n) is 4.22. The minimum Gasteiger partial charge on any atom is -0.483 e. The highest BCUT2D eigenvalue weighted by atomic mass is 19.1. The van der Waals surface area contributed by atoms with E-state index < -0.39 is 5.82 Å². The standard InChI is InChI=1S/C23H22FN9O2/c1-13-21(31(2)30-22(13)26)18-6-20(17(24)10-28-18)35-16-11-32(12-16)23(34)33-19(3-4-29-33)15-5-14(7-25)8-27-9-15/h4-6,8-10,16,19H,3,11-12H2,1-2H3,(H2,26,30)/t19-/m0/s1. The van der Waals surface area contributed by atoms with Gasteiger partial charge in [-0.1, -0.05) is 0 Å². The van der Waals surface area contributed by atoms with Crippen LogP contribution in [0.3, 0.4) is 0 Å². The van der Waals surface area contributed by atoms with Crippen molar-refractivity contribution in [3.05, 3.63) is 53.2 Å². The summed E-state index contributed by atoms with van der Waals surface area (Å²) < 4.78 is 21.9. The van der Waals surface area contributed by atoms with Crippen LogP contribution in [0.25, 0.3) is 11.4 Å². The molecular formula is C23H22FN9O2. The summed E-state index contributed by atoms with van der Waals surface area (Å²) in [4.78, 5) is 22.9. The highest BCUT2D eigenvalue weighted by Crippen LogP contribution is 2.32. The summed E-state index contributed by atoms with van der Waals surface area (Å²) in [7, 11) is 1.74. The highest BCUT2D eigenvalue weighted by molar-refractivity contribution is 5.79. The number of aromatic nitrogens is 4. The molecule has 1 atom stereocenters. The third-order valence-corrected chi connectivity index (χ3v) is 6.09. The Labute approximate surface area is 200 Å². The zero-order valence-electron chi connectivity index (χ0n) is 19.1. The maximum Gasteiger partial charge on any atom is 0.341 e. The summed E-state index contributed by atoms with van der Waals surface area (Å²) in [5.41, 5.74) is 8.94. The number of ether oxygens (including phenoxy) is 1. The van der Waals surface area contributed by atoms with E-state index in [0.29, 0.717) is 29.2 Å². The van der Waals surface area contributed by atoms with E-state index in [0.717, 1.165) is 17.3 Å². The molecule has 178 valence electrons. The SMILES string of the molecule is Cc1c(N)nn(C)c1-c1cc(OC2CN(C(=O)N3N=CC[C@H]3c3cncc(C#N)c3)C2)c(F)cn1. The summed E-state index contributed by atoms with van der Waals surface area (Å²) in [5.74, 6) is -0.176. The van der Waals surface area contributed by atoms with Gasteiger partial charge in [-0.2, -0.15) is 15.5 Å². The molecule has 0 bridgehead atoms. The molecule has 1 fully saturated rings. The van der Waals surface area contributed by atoms with Gasteiger partial charge in [0.25, 0.3) is 0 Å². The van der Waals surface area contributed by atoms with Crippen molar-refractivity contribution in [1.82, 2.24) is 29.7 Å². The number of amides is 2. The maximum atomic E-state index is 14.4. The Hall–Kier alpha value is -4.53. The number of carbonyl (C=O) groups excluding carboxylic acids is 1. The number of halogens is 1. The van der Waals surface area contributed by atoms with Gasteiger partial charge in [-0.05, 0) is 18.6 Å². The lowest BCUT2D eigenvalue weighted by molar-refractivity contribution is 0.0257. The molecule has 3 aromatic heterocycles. The van der Waals surface area contributed by atoms with E-state index in [2.05, 4.69) is 26.2 Å². The number of carbonyl (C=O) groups is 1. The first-order valence-corrected chi connectivity index (χ1v) is 10.9. The number of likely N-dealkylation sites (tertiary alicyclic amines) is 1. The van der Waals surface area contributed by atoms with Gasteiger partial charge >= 0.3 is 6.03 Å². The molecule has 2 amide bonds. The average molecular weight is 475 g/mol. The van der Waals surface area contributed by atoms with Crippen LogP contribution in [0.5, 0.6) is 5.75 Å². The van der Waals surface area contributed by atoms with Gasteiger partial charge in [0.15, 0.2) is 11.6 Å². The predicted molar refractivity (Wildman–Crippen MR) is 124 cm³/mol. The van der Waals surface area contributed by atoms with Crippen LogP contribution in [0.15, 0.2) is 35.8 Å². The van der Waals surface area contributed by atoms with Gasteiger partial charge in [0.2, 0.25) is 0 Å². The first-order valence-electron chi connectivity index (χ1n) is 10.9. The second kappa shape index (κ2) is 8.68. The van der Waals surface area contributed by atoms with E-state index in [-0.39, 0.29) is 37.0 Å². The van der Waals surface area contributed by atoms with E-state index >= 15 is 0 Å². The first-order chi connectivity index (χ1) is 16.9. The normalized spacial score (nSPS) is 17.4. The summed E-state index contributed by atoms with van der Waals surface area (Å²) >= 11 is 0. The molecule has 2 aliphatic rings. The Balaban J connectivity index is 1.25. The van der Waals surface area contributed by atoms with Gasteiger partial charge in [-0.15, -0.1) is 0 Å². The second-order valence-electron chi connectivity index (χ2n) is 8.42. The van der Waals surface area contributed by atoms with Crippen LogP contribution in [0.1, 0.15) is 29.2 Å². The summed E-state index contributed by atoms with van der Waals surface area (Å²) in [6, 6.07) is 4.65. The molecule has 2 N–H and O–H groups in total. The molecule has 0 aromatic carbocycles. The van der Waals surface area contributed by atoms with E-state index in [1.54, 1.807) is 35.1 Å². The Morgan fingerprint density at radius 3 is 2.80 bits per heavy atom. The van der Waals surface area contributed by atoms with E-state index in [9.17, 15) is 9.18 Å². The summed E-state index contributed by atoms with van der Waals surface area (Å²) in [6.07, 6.45) is 6.01. The van der Waals surface area contributed by atoms with Crippen LogP contribution in [0.2, 0.25) is 0 Å². The van der Waals surface area contributed by atoms with Gasteiger partial charge in [0, 0.05) is 43.7 Å². The van der Waals surface area contributed by atoms with Crippen LogP contribution in [0.4, 0.5) is 15.0 Å². The van der Waals surface area contributed by atoms with Gasteiger partial charge < -0.3 is 15.4 Å². The number of hydrogen-bond acceptors (Lipinski definition) is 8. The van der Waals surface area contributed by atoms with Crippen molar-refractivity contribution >= 4 is 18.1 Å². The Bertz CT molecular complexity index is 1370. The van der Waals surface area contributed by atoms with Crippen molar-refractivity contribution in [2.24, 2.45) is 12.1 Å². The number of hydrogen-bond donors (Lipinski definition) is 1. The van der Waals surface area contributed by atoms with Crippen molar-refractivity contribution in [3.63, 3.8) is 0 Å². The topological polar surface area (TPSA) is 139 Å². The molecule has 0 saturated carbocycles. The molecule has 0 aliphatic carbocycles. The number of nitrogens with two attached hydrogens (primary N) is 1. The summed E-state index contributed by atoms with van der Waals surface area (Å²) in [6.45, 7) is 2.38. The smallest absolute Gasteiger partial charge is 0.341 e. The van der Waals surface area contributed by atoms with Crippen LogP contribution < -0.4 is 10.5 Å². The average Bonchev–Trinajstić information content (AvgIpc) is 3.41. The number of urea groups is 1. The molecular weight excluding hydrogens is 453 g/mol. The fourth-order valence-corrected chi connectivity index (χ4v) is 4.22. The number of pyridine rings is 2. The number of nitriles is 1. The number of hydrazone groups is 1. The quantitative estimate of drug-likeness (QED) is 0.611. The van der Waals surface area contributed by atoms with Gasteiger partial charge in [0.1, 0.15) is 18.0 Å². The lowest BCUT2D eigenvalue weighted by Gasteiger charge is -2.41. The predicted octanol–water partition coefficient (Wildman–Crippen LogP) is 2.39. The Kier molecular flexibility index (Phi) is 5.52. The number of nitrogens with zero attached hydrogens (tertiary/aromatic N) is 8. The van der Waals surface area contributed by atoms with Gasteiger partial charge in [0.05, 0.1) is 42.3 Å². The van der Waals surface area contributed by atoms with E-state index in [4.69, 9.17) is 15.7 Å². The minimum atomic E-state index is -0.597. The lowest BCUT2D eigenvalue weighted by atomic mass is 10.1. The van der Waals surface area contributed by atoms with Crippen molar-refractivity contribution in [2.75, 3.05) is 18.8 Å². The largest absolute Gasteiger partial charge is 0.483 e. The molecule has 2 aliphatic heterocycles. The molecule has 12 heteroatoms. The molecule has 35 heavy (non-hydrogen) atoms. The lowest BCUT2D eigenvalue weighted by Crippen LogP contribution is -2.58. The molecule has 5 rings (SSSR count).